The molecule has 0 aromatic heterocycles. The predicted molar refractivity (Wildman–Crippen MR) is 45.0 cm³/mol. The molecule has 0 aromatic carbocycles. The predicted octanol–water partition coefficient (Wildman–Crippen LogP) is -0.736. The normalized spacial score (nSPS) is 24.1. The Bertz CT molecular complexity index is 130. The topological polar surface area (TPSA) is 82.5 Å². The summed E-state index contributed by atoms with van der Waals surface area (Å²) in [4.78, 5) is 25.8. The standard InChI is InChI=1S/C6H15O5P/c7-12(8,9)3-1-2-10-4-6-5-11-6/h6-9,12H,1-5H2. The third-order valence-electron chi connectivity index (χ3n) is 1.51. The molecule has 1 aliphatic heterocycles. The SMILES string of the molecule is O[PH](O)(O)CCCOCC1CO1. The van der Waals surface area contributed by atoms with E-state index in [1.165, 1.54) is 0 Å². The Hall–Kier alpha value is 0.230. The summed E-state index contributed by atoms with van der Waals surface area (Å²) in [6.07, 6.45) is 0.755. The Balaban J connectivity index is 1.82. The van der Waals surface area contributed by atoms with Gasteiger partial charge in [0.15, 0.2) is 0 Å². The maximum atomic E-state index is 8.61. The summed E-state index contributed by atoms with van der Waals surface area (Å²) in [6.45, 7) is 1.77. The molecule has 1 unspecified atom stereocenters. The van der Waals surface area contributed by atoms with Crippen molar-refractivity contribution >= 4 is 7.94 Å². The van der Waals surface area contributed by atoms with Crippen LogP contribution in [0.3, 0.4) is 0 Å². The van der Waals surface area contributed by atoms with Gasteiger partial charge in [-0.3, -0.25) is 0 Å². The molecular formula is C6H15O5P. The summed E-state index contributed by atoms with van der Waals surface area (Å²) in [7, 11) is -3.83. The van der Waals surface area contributed by atoms with Gasteiger partial charge in [-0.05, 0) is 0 Å². The van der Waals surface area contributed by atoms with Crippen molar-refractivity contribution in [2.45, 2.75) is 12.5 Å². The number of hydrogen-bond acceptors (Lipinski definition) is 5. The molecule has 0 aliphatic carbocycles. The molecule has 3 N–H and O–H groups in total. The Morgan fingerprint density at radius 2 is 2.08 bits per heavy atom. The Morgan fingerprint density at radius 3 is 2.58 bits per heavy atom. The van der Waals surface area contributed by atoms with Crippen LogP contribution in [0.5, 0.6) is 0 Å². The monoisotopic (exact) mass is 198 g/mol. The molecule has 74 valence electrons. The summed E-state index contributed by atoms with van der Waals surface area (Å²) in [5, 5.41) is 0. The molecule has 1 atom stereocenters. The molecule has 12 heavy (non-hydrogen) atoms. The van der Waals surface area contributed by atoms with E-state index in [9.17, 15) is 0 Å². The van der Waals surface area contributed by atoms with Crippen LogP contribution in [0.1, 0.15) is 6.42 Å². The van der Waals surface area contributed by atoms with Gasteiger partial charge in [0, 0.05) is 0 Å². The van der Waals surface area contributed by atoms with Crippen LogP contribution in [-0.2, 0) is 9.47 Å². The average Bonchev–Trinajstić information content (AvgIpc) is 2.68. The van der Waals surface area contributed by atoms with Gasteiger partial charge >= 0.3 is 70.6 Å². The zero-order valence-corrected chi connectivity index (χ0v) is 7.77. The minimum atomic E-state index is -3.83. The van der Waals surface area contributed by atoms with Gasteiger partial charge in [-0.1, -0.05) is 0 Å². The van der Waals surface area contributed by atoms with E-state index in [4.69, 9.17) is 24.2 Å². The molecule has 1 fully saturated rings. The third kappa shape index (κ3) is 5.83. The van der Waals surface area contributed by atoms with Crippen LogP contribution < -0.4 is 0 Å². The summed E-state index contributed by atoms with van der Waals surface area (Å²) < 4.78 is 10.0. The van der Waals surface area contributed by atoms with E-state index in [1.807, 2.05) is 0 Å². The van der Waals surface area contributed by atoms with E-state index in [-0.39, 0.29) is 12.3 Å². The Kier molecular flexibility index (Phi) is 3.83. The quantitative estimate of drug-likeness (QED) is 0.297. The summed E-state index contributed by atoms with van der Waals surface area (Å²) in [6, 6.07) is 0. The molecule has 1 saturated heterocycles. The molecule has 5 nitrogen and oxygen atoms in total. The number of rotatable bonds is 6. The second-order valence-corrected chi connectivity index (χ2v) is 4.96. The van der Waals surface area contributed by atoms with Gasteiger partial charge in [-0.25, -0.2) is 0 Å². The number of epoxide rings is 1. The molecular weight excluding hydrogens is 183 g/mol. The van der Waals surface area contributed by atoms with Crippen LogP contribution in [0.4, 0.5) is 0 Å². The van der Waals surface area contributed by atoms with Gasteiger partial charge in [0.2, 0.25) is 0 Å². The van der Waals surface area contributed by atoms with E-state index >= 15 is 0 Å². The molecule has 0 saturated carbocycles. The molecule has 0 spiro atoms. The zero-order chi connectivity index (χ0) is 9.03. The van der Waals surface area contributed by atoms with Crippen molar-refractivity contribution in [3.63, 3.8) is 0 Å². The van der Waals surface area contributed by atoms with Crippen LogP contribution in [-0.4, -0.2) is 46.8 Å². The molecule has 1 aliphatic rings. The molecule has 1 rings (SSSR count). The van der Waals surface area contributed by atoms with Crippen LogP contribution in [0, 0.1) is 0 Å². The van der Waals surface area contributed by atoms with E-state index in [1.54, 1.807) is 0 Å². The zero-order valence-electron chi connectivity index (χ0n) is 6.77. The van der Waals surface area contributed by atoms with Gasteiger partial charge < -0.3 is 0 Å². The molecule has 0 aromatic rings. The van der Waals surface area contributed by atoms with Gasteiger partial charge in [0.1, 0.15) is 0 Å². The Labute approximate surface area is 71.5 Å². The van der Waals surface area contributed by atoms with Gasteiger partial charge in [0.05, 0.1) is 0 Å². The second kappa shape index (κ2) is 4.46. The maximum absolute atomic E-state index is 8.61. The van der Waals surface area contributed by atoms with Gasteiger partial charge in [-0.2, -0.15) is 0 Å². The van der Waals surface area contributed by atoms with Crippen LogP contribution in [0.25, 0.3) is 0 Å². The van der Waals surface area contributed by atoms with Crippen LogP contribution in [0.15, 0.2) is 0 Å². The van der Waals surface area contributed by atoms with Crippen LogP contribution >= 0.6 is 7.94 Å². The van der Waals surface area contributed by atoms with Crippen molar-refractivity contribution in [3.8, 4) is 0 Å². The van der Waals surface area contributed by atoms with E-state index < -0.39 is 7.94 Å². The molecule has 0 radical (unpaired) electrons. The van der Waals surface area contributed by atoms with Crippen molar-refractivity contribution in [1.82, 2.24) is 0 Å². The first-order valence-electron chi connectivity index (χ1n) is 3.94. The fourth-order valence-corrected chi connectivity index (χ4v) is 1.41. The fraction of sp³-hybridized carbons (Fsp3) is 1.00. The molecule has 1 heterocycles. The fourth-order valence-electron chi connectivity index (χ4n) is 0.790. The molecule has 0 bridgehead atoms. The molecule has 6 heteroatoms. The van der Waals surface area contributed by atoms with Crippen molar-refractivity contribution in [2.75, 3.05) is 26.0 Å². The van der Waals surface area contributed by atoms with Crippen molar-refractivity contribution in [1.29, 1.82) is 0 Å². The minimum absolute atomic E-state index is 0.0402. The van der Waals surface area contributed by atoms with Crippen LogP contribution in [0.2, 0.25) is 0 Å². The summed E-state index contributed by atoms with van der Waals surface area (Å²) in [5.41, 5.74) is 0. The first-order valence-corrected chi connectivity index (χ1v) is 5.99. The van der Waals surface area contributed by atoms with Crippen molar-refractivity contribution < 1.29 is 24.2 Å². The average molecular weight is 198 g/mol. The third-order valence-corrected chi connectivity index (χ3v) is 2.53. The Morgan fingerprint density at radius 1 is 1.42 bits per heavy atom. The van der Waals surface area contributed by atoms with E-state index in [2.05, 4.69) is 0 Å². The first kappa shape index (κ1) is 10.3. The second-order valence-electron chi connectivity index (χ2n) is 2.91. The van der Waals surface area contributed by atoms with Gasteiger partial charge in [0.25, 0.3) is 0 Å². The van der Waals surface area contributed by atoms with E-state index in [0.717, 1.165) is 6.61 Å². The summed E-state index contributed by atoms with van der Waals surface area (Å²) in [5.74, 6) is 0. The molecule has 0 amide bonds. The van der Waals surface area contributed by atoms with Crippen molar-refractivity contribution in [2.24, 2.45) is 0 Å². The van der Waals surface area contributed by atoms with E-state index in [0.29, 0.717) is 19.6 Å². The first-order chi connectivity index (χ1) is 5.58. The number of hydrogen-bond donors (Lipinski definition) is 3. The van der Waals surface area contributed by atoms with Crippen molar-refractivity contribution in [3.05, 3.63) is 0 Å². The van der Waals surface area contributed by atoms with Gasteiger partial charge in [-0.15, -0.1) is 0 Å². The summed E-state index contributed by atoms with van der Waals surface area (Å²) >= 11 is 0. The number of ether oxygens (including phenoxy) is 2.